The third-order valence-electron chi connectivity index (χ3n) is 7.03. The van der Waals surface area contributed by atoms with Crippen LogP contribution in [-0.2, 0) is 9.59 Å². The number of Topliss-reactive ketones (excluding diaryl/α,β-unsaturated/α-hetero) is 1. The monoisotopic (exact) mass is 442 g/mol. The fraction of sp³-hybridized carbons (Fsp3) is 0.296. The minimum Gasteiger partial charge on any atom is -0.497 e. The number of benzene rings is 2. The van der Waals surface area contributed by atoms with Gasteiger partial charge < -0.3 is 9.64 Å². The SMILES string of the molecule is C=CCN1C(=O)[C@@H]2[C@H](C1=O)[C@@H](C(=O)c1cccc(OC)c1)N1c3ccc(C)cc3C(C)=C[C@H]21. The zero-order chi connectivity index (χ0) is 23.4. The number of fused-ring (bicyclic) bond motifs is 5. The van der Waals surface area contributed by atoms with E-state index in [1.165, 1.54) is 4.90 Å². The molecule has 0 aromatic heterocycles. The molecule has 6 nitrogen and oxygen atoms in total. The Morgan fingerprint density at radius 1 is 1.09 bits per heavy atom. The van der Waals surface area contributed by atoms with Gasteiger partial charge in [0.05, 0.1) is 25.0 Å². The van der Waals surface area contributed by atoms with Crippen LogP contribution < -0.4 is 9.64 Å². The molecule has 4 atom stereocenters. The average Bonchev–Trinajstić information content (AvgIpc) is 3.27. The lowest BCUT2D eigenvalue weighted by molar-refractivity contribution is -0.139. The second-order valence-corrected chi connectivity index (χ2v) is 8.94. The van der Waals surface area contributed by atoms with Crippen molar-refractivity contribution in [3.8, 4) is 5.75 Å². The Morgan fingerprint density at radius 3 is 2.58 bits per heavy atom. The number of hydrogen-bond acceptors (Lipinski definition) is 5. The van der Waals surface area contributed by atoms with Gasteiger partial charge in [-0.1, -0.05) is 35.9 Å². The van der Waals surface area contributed by atoms with E-state index >= 15 is 0 Å². The highest BCUT2D eigenvalue weighted by atomic mass is 16.5. The Kier molecular flexibility index (Phi) is 4.96. The van der Waals surface area contributed by atoms with Crippen molar-refractivity contribution in [2.24, 2.45) is 11.8 Å². The van der Waals surface area contributed by atoms with Crippen LogP contribution in [0.5, 0.6) is 5.75 Å². The first-order valence-corrected chi connectivity index (χ1v) is 11.1. The molecular weight excluding hydrogens is 416 g/mol. The summed E-state index contributed by atoms with van der Waals surface area (Å²) in [6, 6.07) is 11.9. The highest BCUT2D eigenvalue weighted by Gasteiger charge is 2.64. The van der Waals surface area contributed by atoms with Crippen molar-refractivity contribution in [3.05, 3.63) is 77.9 Å². The van der Waals surface area contributed by atoms with Gasteiger partial charge in [0.2, 0.25) is 11.8 Å². The number of nitrogens with zero attached hydrogens (tertiary/aromatic N) is 2. The number of ketones is 1. The highest BCUT2D eigenvalue weighted by molar-refractivity contribution is 6.14. The van der Waals surface area contributed by atoms with Crippen LogP contribution >= 0.6 is 0 Å². The molecule has 2 fully saturated rings. The number of imide groups is 1. The Morgan fingerprint density at radius 2 is 1.85 bits per heavy atom. The second kappa shape index (κ2) is 7.73. The zero-order valence-electron chi connectivity index (χ0n) is 18.9. The summed E-state index contributed by atoms with van der Waals surface area (Å²) in [5.41, 5.74) is 4.53. The minimum atomic E-state index is -0.788. The van der Waals surface area contributed by atoms with E-state index in [1.54, 1.807) is 37.5 Å². The number of anilines is 1. The number of aryl methyl sites for hydroxylation is 1. The molecule has 2 amide bonds. The third-order valence-corrected chi connectivity index (χ3v) is 7.03. The van der Waals surface area contributed by atoms with Crippen LogP contribution in [0.3, 0.4) is 0 Å². The predicted molar refractivity (Wildman–Crippen MR) is 126 cm³/mol. The van der Waals surface area contributed by atoms with E-state index in [-0.39, 0.29) is 30.2 Å². The zero-order valence-corrected chi connectivity index (χ0v) is 18.9. The van der Waals surface area contributed by atoms with Crippen molar-refractivity contribution in [2.45, 2.75) is 25.9 Å². The molecule has 0 saturated carbocycles. The normalized spacial score (nSPS) is 25.4. The van der Waals surface area contributed by atoms with Crippen LogP contribution in [-0.4, -0.2) is 48.2 Å². The lowest BCUT2D eigenvalue weighted by Gasteiger charge is -2.38. The lowest BCUT2D eigenvalue weighted by Crippen LogP contribution is -2.49. The molecule has 168 valence electrons. The molecule has 5 rings (SSSR count). The summed E-state index contributed by atoms with van der Waals surface area (Å²) in [6.07, 6.45) is 3.59. The number of carbonyl (C=O) groups excluding carboxylic acids is 3. The number of allylic oxidation sites excluding steroid dienone is 1. The van der Waals surface area contributed by atoms with Gasteiger partial charge in [0.15, 0.2) is 5.78 Å². The minimum absolute atomic E-state index is 0.149. The molecule has 0 radical (unpaired) electrons. The van der Waals surface area contributed by atoms with Gasteiger partial charge in [-0.25, -0.2) is 0 Å². The van der Waals surface area contributed by atoms with Crippen LogP contribution in [0.4, 0.5) is 5.69 Å². The van der Waals surface area contributed by atoms with E-state index in [0.29, 0.717) is 11.3 Å². The molecule has 6 heteroatoms. The fourth-order valence-electron chi connectivity index (χ4n) is 5.57. The van der Waals surface area contributed by atoms with Gasteiger partial charge >= 0.3 is 0 Å². The fourth-order valence-corrected chi connectivity index (χ4v) is 5.57. The summed E-state index contributed by atoms with van der Waals surface area (Å²) >= 11 is 0. The number of carbonyl (C=O) groups is 3. The molecule has 33 heavy (non-hydrogen) atoms. The van der Waals surface area contributed by atoms with Crippen molar-refractivity contribution in [1.29, 1.82) is 0 Å². The summed E-state index contributed by atoms with van der Waals surface area (Å²) in [4.78, 5) is 44.1. The first-order valence-electron chi connectivity index (χ1n) is 11.1. The molecule has 0 unspecified atom stereocenters. The summed E-state index contributed by atoms with van der Waals surface area (Å²) in [5, 5.41) is 0. The summed E-state index contributed by atoms with van der Waals surface area (Å²) < 4.78 is 5.32. The van der Waals surface area contributed by atoms with Crippen molar-refractivity contribution in [2.75, 3.05) is 18.6 Å². The van der Waals surface area contributed by atoms with Crippen molar-refractivity contribution >= 4 is 28.9 Å². The Labute approximate surface area is 193 Å². The molecule has 0 spiro atoms. The second-order valence-electron chi connectivity index (χ2n) is 8.94. The molecular formula is C27H26N2O4. The quantitative estimate of drug-likeness (QED) is 0.402. The van der Waals surface area contributed by atoms with E-state index in [4.69, 9.17) is 4.74 Å². The average molecular weight is 443 g/mol. The van der Waals surface area contributed by atoms with E-state index in [1.807, 2.05) is 37.0 Å². The standard InChI is InChI=1S/C27H26N2O4/c1-5-11-28-26(31)22-21-13-16(3)19-12-15(2)9-10-20(19)29(21)24(23(22)27(28)32)25(30)17-7-6-8-18(14-17)33-4/h5-10,12-14,21-24H,1,11H2,2-4H3/t21-,22+,23+,24+/m1/s1. The molecule has 3 heterocycles. The van der Waals surface area contributed by atoms with E-state index in [9.17, 15) is 14.4 Å². The topological polar surface area (TPSA) is 66.9 Å². The maximum Gasteiger partial charge on any atom is 0.236 e. The van der Waals surface area contributed by atoms with Gasteiger partial charge in [0.1, 0.15) is 11.8 Å². The van der Waals surface area contributed by atoms with Crippen LogP contribution in [0, 0.1) is 18.8 Å². The maximum atomic E-state index is 14.0. The summed E-state index contributed by atoms with van der Waals surface area (Å²) in [5.74, 6) is -1.52. The molecule has 2 aromatic carbocycles. The molecule has 0 bridgehead atoms. The Hall–Kier alpha value is -3.67. The number of likely N-dealkylation sites (tertiary alicyclic amines) is 1. The smallest absolute Gasteiger partial charge is 0.236 e. The van der Waals surface area contributed by atoms with Gasteiger partial charge in [-0.3, -0.25) is 19.3 Å². The van der Waals surface area contributed by atoms with E-state index < -0.39 is 17.9 Å². The molecule has 2 saturated heterocycles. The van der Waals surface area contributed by atoms with Gasteiger partial charge in [-0.15, -0.1) is 6.58 Å². The van der Waals surface area contributed by atoms with Crippen molar-refractivity contribution < 1.29 is 19.1 Å². The van der Waals surface area contributed by atoms with Gasteiger partial charge in [-0.2, -0.15) is 0 Å². The first-order chi connectivity index (χ1) is 15.9. The Balaban J connectivity index is 1.69. The van der Waals surface area contributed by atoms with Crippen LogP contribution in [0.2, 0.25) is 0 Å². The molecule has 0 aliphatic carbocycles. The number of hydrogen-bond donors (Lipinski definition) is 0. The Bertz CT molecular complexity index is 1230. The number of rotatable bonds is 5. The molecule has 3 aliphatic heterocycles. The predicted octanol–water partition coefficient (Wildman–Crippen LogP) is 3.65. The summed E-state index contributed by atoms with van der Waals surface area (Å²) in [7, 11) is 1.55. The largest absolute Gasteiger partial charge is 0.497 e. The van der Waals surface area contributed by atoms with Crippen LogP contribution in [0.25, 0.3) is 5.57 Å². The van der Waals surface area contributed by atoms with Crippen molar-refractivity contribution in [1.82, 2.24) is 4.90 Å². The van der Waals surface area contributed by atoms with E-state index in [2.05, 4.69) is 12.6 Å². The van der Waals surface area contributed by atoms with Crippen molar-refractivity contribution in [3.63, 3.8) is 0 Å². The van der Waals surface area contributed by atoms with Crippen LogP contribution in [0.1, 0.15) is 28.4 Å². The third kappa shape index (κ3) is 3.04. The molecule has 3 aliphatic rings. The number of ether oxygens (including phenoxy) is 1. The van der Waals surface area contributed by atoms with Crippen LogP contribution in [0.15, 0.2) is 61.2 Å². The van der Waals surface area contributed by atoms with Gasteiger partial charge in [0, 0.05) is 23.4 Å². The highest BCUT2D eigenvalue weighted by Crippen LogP contribution is 2.50. The van der Waals surface area contributed by atoms with Gasteiger partial charge in [-0.05, 0) is 43.7 Å². The lowest BCUT2D eigenvalue weighted by atomic mass is 9.85. The summed E-state index contributed by atoms with van der Waals surface area (Å²) in [6.45, 7) is 7.88. The maximum absolute atomic E-state index is 14.0. The number of methoxy groups -OCH3 is 1. The van der Waals surface area contributed by atoms with Gasteiger partial charge in [0.25, 0.3) is 0 Å². The molecule has 0 N–H and O–H groups in total. The molecule has 2 aromatic rings. The first kappa shape index (κ1) is 21.2. The van der Waals surface area contributed by atoms with E-state index in [0.717, 1.165) is 22.4 Å². The number of amides is 2.